The van der Waals surface area contributed by atoms with Gasteiger partial charge in [-0.3, -0.25) is 14.2 Å². The van der Waals surface area contributed by atoms with Crippen molar-refractivity contribution in [2.24, 2.45) is 0 Å². The standard InChI is InChI=1S/C22H19N5O2S/c1-14-6-5-7-15(10-14)24-19(28)11-17-13-30-22-25-20-18(21(29)26(17)22)12-23-27(20)16-8-3-2-4-9-16/h2-10,12,17H,11,13H2,1H3,(H,24,28). The summed E-state index contributed by atoms with van der Waals surface area (Å²) in [5.74, 6) is 0.514. The summed E-state index contributed by atoms with van der Waals surface area (Å²) >= 11 is 1.49. The zero-order chi connectivity index (χ0) is 20.7. The number of thioether (sulfide) groups is 1. The van der Waals surface area contributed by atoms with Crippen LogP contribution in [0.15, 0.2) is 70.7 Å². The average molecular weight is 417 g/mol. The third-order valence-corrected chi connectivity index (χ3v) is 6.19. The van der Waals surface area contributed by atoms with Crippen LogP contribution >= 0.6 is 11.8 Å². The Morgan fingerprint density at radius 3 is 2.83 bits per heavy atom. The van der Waals surface area contributed by atoms with Crippen LogP contribution in [0.4, 0.5) is 5.69 Å². The lowest BCUT2D eigenvalue weighted by atomic mass is 10.2. The van der Waals surface area contributed by atoms with Gasteiger partial charge in [0.2, 0.25) is 5.91 Å². The Labute approximate surface area is 176 Å². The molecule has 4 aromatic rings. The number of nitrogens with zero attached hydrogens (tertiary/aromatic N) is 4. The van der Waals surface area contributed by atoms with Gasteiger partial charge in [-0.05, 0) is 36.8 Å². The van der Waals surface area contributed by atoms with Crippen LogP contribution < -0.4 is 10.9 Å². The molecule has 1 N–H and O–H groups in total. The normalized spacial score (nSPS) is 15.3. The molecule has 1 amide bonds. The molecular formula is C22H19N5O2S. The van der Waals surface area contributed by atoms with Crippen LogP contribution in [0.2, 0.25) is 0 Å². The highest BCUT2D eigenvalue weighted by Gasteiger charge is 2.29. The quantitative estimate of drug-likeness (QED) is 0.514. The van der Waals surface area contributed by atoms with Crippen molar-refractivity contribution in [3.8, 4) is 5.69 Å². The van der Waals surface area contributed by atoms with E-state index < -0.39 is 0 Å². The first-order chi connectivity index (χ1) is 14.6. The molecule has 5 rings (SSSR count). The highest BCUT2D eigenvalue weighted by Crippen LogP contribution is 2.33. The highest BCUT2D eigenvalue weighted by molar-refractivity contribution is 7.99. The first-order valence-electron chi connectivity index (χ1n) is 9.65. The van der Waals surface area contributed by atoms with Crippen molar-refractivity contribution in [1.29, 1.82) is 0 Å². The summed E-state index contributed by atoms with van der Waals surface area (Å²) in [7, 11) is 0. The van der Waals surface area contributed by atoms with Gasteiger partial charge in [0, 0.05) is 17.9 Å². The predicted octanol–water partition coefficient (Wildman–Crippen LogP) is 3.57. The summed E-state index contributed by atoms with van der Waals surface area (Å²) in [5.41, 5.74) is 3.07. The van der Waals surface area contributed by atoms with E-state index >= 15 is 0 Å². The third-order valence-electron chi connectivity index (χ3n) is 5.09. The van der Waals surface area contributed by atoms with Crippen molar-refractivity contribution in [1.82, 2.24) is 19.3 Å². The number of carbonyl (C=O) groups is 1. The van der Waals surface area contributed by atoms with Crippen LogP contribution in [0.3, 0.4) is 0 Å². The molecule has 0 spiro atoms. The Balaban J connectivity index is 1.45. The average Bonchev–Trinajstić information content (AvgIpc) is 3.34. The maximum absolute atomic E-state index is 13.2. The van der Waals surface area contributed by atoms with Gasteiger partial charge in [-0.15, -0.1) is 0 Å². The molecule has 2 aromatic carbocycles. The molecule has 1 aliphatic rings. The van der Waals surface area contributed by atoms with E-state index in [1.54, 1.807) is 15.4 Å². The van der Waals surface area contributed by atoms with E-state index in [2.05, 4.69) is 10.4 Å². The fourth-order valence-corrected chi connectivity index (χ4v) is 4.82. The van der Waals surface area contributed by atoms with Gasteiger partial charge in [0.05, 0.1) is 17.9 Å². The molecule has 150 valence electrons. The number of hydrogen-bond donors (Lipinski definition) is 1. The maximum atomic E-state index is 13.2. The predicted molar refractivity (Wildman–Crippen MR) is 117 cm³/mol. The number of nitrogens with one attached hydrogen (secondary N) is 1. The lowest BCUT2D eigenvalue weighted by molar-refractivity contribution is -0.116. The Morgan fingerprint density at radius 1 is 1.20 bits per heavy atom. The number of para-hydroxylation sites is 1. The van der Waals surface area contributed by atoms with Gasteiger partial charge in [0.15, 0.2) is 10.8 Å². The summed E-state index contributed by atoms with van der Waals surface area (Å²) in [4.78, 5) is 30.5. The van der Waals surface area contributed by atoms with Crippen molar-refractivity contribution in [2.45, 2.75) is 24.5 Å². The Morgan fingerprint density at radius 2 is 2.03 bits per heavy atom. The minimum Gasteiger partial charge on any atom is -0.326 e. The van der Waals surface area contributed by atoms with Crippen molar-refractivity contribution in [2.75, 3.05) is 11.1 Å². The number of benzene rings is 2. The minimum absolute atomic E-state index is 0.119. The van der Waals surface area contributed by atoms with Crippen molar-refractivity contribution < 1.29 is 4.79 Å². The zero-order valence-corrected chi connectivity index (χ0v) is 17.1. The molecule has 0 bridgehead atoms. The molecule has 1 atom stereocenters. The van der Waals surface area contributed by atoms with Gasteiger partial charge in [-0.25, -0.2) is 9.67 Å². The summed E-state index contributed by atoms with van der Waals surface area (Å²) in [6, 6.07) is 17.0. The van der Waals surface area contributed by atoms with Gasteiger partial charge in [0.25, 0.3) is 5.56 Å². The van der Waals surface area contributed by atoms with Crippen molar-refractivity contribution >= 4 is 34.4 Å². The molecule has 8 heteroatoms. The van der Waals surface area contributed by atoms with Gasteiger partial charge < -0.3 is 5.32 Å². The van der Waals surface area contributed by atoms with Gasteiger partial charge in [-0.2, -0.15) is 5.10 Å². The van der Waals surface area contributed by atoms with E-state index in [1.165, 1.54) is 11.8 Å². The number of aryl methyl sites for hydroxylation is 1. The van der Waals surface area contributed by atoms with Crippen LogP contribution in [0.5, 0.6) is 0 Å². The number of amides is 1. The summed E-state index contributed by atoms with van der Waals surface area (Å²) < 4.78 is 3.32. The van der Waals surface area contributed by atoms with Crippen LogP contribution in [0.1, 0.15) is 18.0 Å². The second-order valence-electron chi connectivity index (χ2n) is 7.29. The summed E-state index contributed by atoms with van der Waals surface area (Å²) in [6.07, 6.45) is 1.77. The molecule has 30 heavy (non-hydrogen) atoms. The smallest absolute Gasteiger partial charge is 0.265 e. The van der Waals surface area contributed by atoms with Crippen LogP contribution in [-0.4, -0.2) is 31.0 Å². The SMILES string of the molecule is Cc1cccc(NC(=O)CC2CSc3nc4c(cnn4-c4ccccc4)c(=O)n32)c1. The lowest BCUT2D eigenvalue weighted by Crippen LogP contribution is -2.27. The molecule has 1 unspecified atom stereocenters. The first-order valence-corrected chi connectivity index (χ1v) is 10.6. The molecule has 0 radical (unpaired) electrons. The molecular weight excluding hydrogens is 398 g/mol. The van der Waals surface area contributed by atoms with Gasteiger partial charge >= 0.3 is 0 Å². The largest absolute Gasteiger partial charge is 0.326 e. The maximum Gasteiger partial charge on any atom is 0.265 e. The number of fused-ring (bicyclic) bond motifs is 2. The first kappa shape index (κ1) is 18.6. The molecule has 0 saturated heterocycles. The van der Waals surface area contributed by atoms with E-state index in [9.17, 15) is 9.59 Å². The summed E-state index contributed by atoms with van der Waals surface area (Å²) in [6.45, 7) is 1.98. The number of carbonyl (C=O) groups excluding carboxylic acids is 1. The van der Waals surface area contributed by atoms with Gasteiger partial charge in [-0.1, -0.05) is 42.1 Å². The fourth-order valence-electron chi connectivity index (χ4n) is 3.69. The highest BCUT2D eigenvalue weighted by atomic mass is 32.2. The summed E-state index contributed by atoms with van der Waals surface area (Å²) in [5, 5.41) is 8.37. The topological polar surface area (TPSA) is 81.8 Å². The van der Waals surface area contributed by atoms with E-state index in [-0.39, 0.29) is 23.9 Å². The van der Waals surface area contributed by atoms with Crippen LogP contribution in [0.25, 0.3) is 16.7 Å². The third kappa shape index (κ3) is 3.29. The number of rotatable bonds is 4. The molecule has 2 aromatic heterocycles. The number of hydrogen-bond acceptors (Lipinski definition) is 5. The van der Waals surface area contributed by atoms with E-state index in [0.717, 1.165) is 16.9 Å². The number of anilines is 1. The fraction of sp³-hybridized carbons (Fsp3) is 0.182. The molecule has 7 nitrogen and oxygen atoms in total. The Kier molecular flexibility index (Phi) is 4.63. The molecule has 0 fully saturated rings. The Bertz CT molecular complexity index is 1310. The van der Waals surface area contributed by atoms with Crippen LogP contribution in [0, 0.1) is 6.92 Å². The number of aromatic nitrogens is 4. The van der Waals surface area contributed by atoms with Crippen molar-refractivity contribution in [3.63, 3.8) is 0 Å². The van der Waals surface area contributed by atoms with E-state index in [1.807, 2.05) is 61.5 Å². The Hall–Kier alpha value is -3.39. The second-order valence-corrected chi connectivity index (χ2v) is 8.27. The molecule has 0 saturated carbocycles. The lowest BCUT2D eigenvalue weighted by Gasteiger charge is -2.13. The van der Waals surface area contributed by atoms with Crippen LogP contribution in [-0.2, 0) is 4.79 Å². The molecule has 0 aliphatic carbocycles. The molecule has 1 aliphatic heterocycles. The minimum atomic E-state index is -0.237. The van der Waals surface area contributed by atoms with E-state index in [0.29, 0.717) is 21.9 Å². The van der Waals surface area contributed by atoms with E-state index in [4.69, 9.17) is 4.98 Å². The monoisotopic (exact) mass is 417 g/mol. The van der Waals surface area contributed by atoms with Gasteiger partial charge in [0.1, 0.15) is 5.39 Å². The zero-order valence-electron chi connectivity index (χ0n) is 16.3. The van der Waals surface area contributed by atoms with Crippen molar-refractivity contribution in [3.05, 3.63) is 76.7 Å². The second kappa shape index (κ2) is 7.46. The molecule has 3 heterocycles.